The van der Waals surface area contributed by atoms with E-state index in [9.17, 15) is 9.59 Å². The number of hydrogen-bond donors (Lipinski definition) is 1. The largest absolute Gasteiger partial charge is 0.481 e. The molecule has 0 aromatic carbocycles. The van der Waals surface area contributed by atoms with Gasteiger partial charge in [-0.15, -0.1) is 0 Å². The van der Waals surface area contributed by atoms with Crippen molar-refractivity contribution in [3.63, 3.8) is 0 Å². The Bertz CT molecular complexity index is 413. The second kappa shape index (κ2) is 5.47. The van der Waals surface area contributed by atoms with Gasteiger partial charge in [0.05, 0.1) is 11.6 Å². The summed E-state index contributed by atoms with van der Waals surface area (Å²) in [7, 11) is 0. The number of aryl methyl sites for hydroxylation is 1. The molecule has 0 aliphatic rings. The highest BCUT2D eigenvalue weighted by Crippen LogP contribution is 2.09. The number of carbonyl (C=O) groups is 2. The molecule has 1 heterocycles. The average molecular weight is 240 g/mol. The maximum Gasteiger partial charge on any atom is 0.308 e. The smallest absolute Gasteiger partial charge is 0.308 e. The summed E-state index contributed by atoms with van der Waals surface area (Å²) < 4.78 is 4.86. The van der Waals surface area contributed by atoms with E-state index < -0.39 is 11.9 Å². The zero-order valence-corrected chi connectivity index (χ0v) is 10.1. The van der Waals surface area contributed by atoms with Crippen molar-refractivity contribution in [1.29, 1.82) is 0 Å². The van der Waals surface area contributed by atoms with Crippen LogP contribution in [-0.2, 0) is 4.79 Å². The van der Waals surface area contributed by atoms with E-state index in [0.29, 0.717) is 12.2 Å². The standard InChI is InChI=1S/C11H16N2O4/c1-4-13(6-7(2)11(15)16)10(14)9-5-8(3)12-17-9/h5,7H,4,6H2,1-3H3,(H,15,16). The van der Waals surface area contributed by atoms with E-state index in [0.717, 1.165) is 0 Å². The predicted molar refractivity (Wildman–Crippen MR) is 59.6 cm³/mol. The van der Waals surface area contributed by atoms with Crippen molar-refractivity contribution in [2.75, 3.05) is 13.1 Å². The van der Waals surface area contributed by atoms with Crippen LogP contribution in [0.15, 0.2) is 10.6 Å². The van der Waals surface area contributed by atoms with E-state index in [-0.39, 0.29) is 18.2 Å². The summed E-state index contributed by atoms with van der Waals surface area (Å²) in [5.41, 5.74) is 0.621. The van der Waals surface area contributed by atoms with E-state index in [1.54, 1.807) is 20.8 Å². The number of aliphatic carboxylic acids is 1. The molecular weight excluding hydrogens is 224 g/mol. The van der Waals surface area contributed by atoms with Gasteiger partial charge in [-0.3, -0.25) is 9.59 Å². The van der Waals surface area contributed by atoms with Crippen LogP contribution in [0.25, 0.3) is 0 Å². The summed E-state index contributed by atoms with van der Waals surface area (Å²) in [4.78, 5) is 24.1. The molecule has 6 nitrogen and oxygen atoms in total. The first-order valence-corrected chi connectivity index (χ1v) is 5.41. The Morgan fingerprint density at radius 2 is 2.24 bits per heavy atom. The van der Waals surface area contributed by atoms with Gasteiger partial charge in [-0.1, -0.05) is 12.1 Å². The van der Waals surface area contributed by atoms with Crippen LogP contribution < -0.4 is 0 Å². The molecule has 0 radical (unpaired) electrons. The normalized spacial score (nSPS) is 12.2. The molecule has 1 atom stereocenters. The number of hydrogen-bond acceptors (Lipinski definition) is 4. The van der Waals surface area contributed by atoms with E-state index in [1.165, 1.54) is 11.0 Å². The SMILES string of the molecule is CCN(CC(C)C(=O)O)C(=O)c1cc(C)no1. The van der Waals surface area contributed by atoms with Crippen molar-refractivity contribution in [3.05, 3.63) is 17.5 Å². The Morgan fingerprint density at radius 3 is 2.65 bits per heavy atom. The van der Waals surface area contributed by atoms with Crippen LogP contribution in [0.1, 0.15) is 30.1 Å². The van der Waals surface area contributed by atoms with Crippen LogP contribution >= 0.6 is 0 Å². The molecule has 1 aromatic heterocycles. The lowest BCUT2D eigenvalue weighted by Gasteiger charge is -2.21. The van der Waals surface area contributed by atoms with Gasteiger partial charge >= 0.3 is 5.97 Å². The zero-order chi connectivity index (χ0) is 13.0. The average Bonchev–Trinajstić information content (AvgIpc) is 2.71. The summed E-state index contributed by atoms with van der Waals surface area (Å²) in [5, 5.41) is 12.4. The fourth-order valence-electron chi connectivity index (χ4n) is 1.38. The van der Waals surface area contributed by atoms with Crippen LogP contribution in [0.2, 0.25) is 0 Å². The van der Waals surface area contributed by atoms with E-state index >= 15 is 0 Å². The summed E-state index contributed by atoms with van der Waals surface area (Å²) >= 11 is 0. The highest BCUT2D eigenvalue weighted by molar-refractivity contribution is 5.91. The van der Waals surface area contributed by atoms with Gasteiger partial charge in [-0.25, -0.2) is 0 Å². The summed E-state index contributed by atoms with van der Waals surface area (Å²) in [6.45, 7) is 5.65. The lowest BCUT2D eigenvalue weighted by Crippen LogP contribution is -2.36. The Kier molecular flexibility index (Phi) is 4.25. The molecule has 17 heavy (non-hydrogen) atoms. The van der Waals surface area contributed by atoms with E-state index in [4.69, 9.17) is 9.63 Å². The maximum absolute atomic E-state index is 11.9. The van der Waals surface area contributed by atoms with Crippen LogP contribution in [0.3, 0.4) is 0 Å². The van der Waals surface area contributed by atoms with Crippen molar-refractivity contribution in [3.8, 4) is 0 Å². The number of carboxylic acid groups (broad SMARTS) is 1. The second-order valence-electron chi connectivity index (χ2n) is 3.92. The summed E-state index contributed by atoms with van der Waals surface area (Å²) in [6, 6.07) is 1.54. The number of nitrogens with zero attached hydrogens (tertiary/aromatic N) is 2. The Morgan fingerprint density at radius 1 is 1.59 bits per heavy atom. The fraction of sp³-hybridized carbons (Fsp3) is 0.545. The monoisotopic (exact) mass is 240 g/mol. The van der Waals surface area contributed by atoms with Crippen molar-refractivity contribution >= 4 is 11.9 Å². The lowest BCUT2D eigenvalue weighted by atomic mass is 10.1. The molecule has 1 amide bonds. The summed E-state index contributed by atoms with van der Waals surface area (Å²) in [6.07, 6.45) is 0. The first-order valence-electron chi connectivity index (χ1n) is 5.41. The molecule has 1 unspecified atom stereocenters. The van der Waals surface area contributed by atoms with Gasteiger partial charge in [0, 0.05) is 19.2 Å². The Hall–Kier alpha value is -1.85. The van der Waals surface area contributed by atoms with Crippen LogP contribution in [-0.4, -0.2) is 40.1 Å². The van der Waals surface area contributed by atoms with E-state index in [1.807, 2.05) is 0 Å². The Balaban J connectivity index is 2.74. The molecule has 0 fully saturated rings. The van der Waals surface area contributed by atoms with Gasteiger partial charge in [0.1, 0.15) is 0 Å². The number of carbonyl (C=O) groups excluding carboxylic acids is 1. The minimum Gasteiger partial charge on any atom is -0.481 e. The number of rotatable bonds is 5. The Labute approximate surface area is 99.2 Å². The first-order chi connectivity index (χ1) is 7.95. The lowest BCUT2D eigenvalue weighted by molar-refractivity contribution is -0.141. The number of aromatic nitrogens is 1. The van der Waals surface area contributed by atoms with Crippen molar-refractivity contribution in [2.24, 2.45) is 5.92 Å². The molecular formula is C11H16N2O4. The molecule has 1 N–H and O–H groups in total. The molecule has 0 saturated carbocycles. The van der Waals surface area contributed by atoms with Crippen LogP contribution in [0.4, 0.5) is 0 Å². The minimum atomic E-state index is -0.926. The molecule has 0 bridgehead atoms. The molecule has 1 aromatic rings. The van der Waals surface area contributed by atoms with Gasteiger partial charge < -0.3 is 14.5 Å². The highest BCUT2D eigenvalue weighted by atomic mass is 16.5. The first kappa shape index (κ1) is 13.2. The molecule has 6 heteroatoms. The van der Waals surface area contributed by atoms with Gasteiger partial charge in [0.2, 0.25) is 5.76 Å². The third-order valence-electron chi connectivity index (χ3n) is 2.42. The van der Waals surface area contributed by atoms with Crippen molar-refractivity contribution < 1.29 is 19.2 Å². The van der Waals surface area contributed by atoms with Crippen molar-refractivity contribution in [1.82, 2.24) is 10.1 Å². The minimum absolute atomic E-state index is 0.141. The number of carboxylic acids is 1. The van der Waals surface area contributed by atoms with Crippen LogP contribution in [0, 0.1) is 12.8 Å². The molecule has 0 aliphatic carbocycles. The van der Waals surface area contributed by atoms with E-state index in [2.05, 4.69) is 5.16 Å². The van der Waals surface area contributed by atoms with Crippen LogP contribution in [0.5, 0.6) is 0 Å². The zero-order valence-electron chi connectivity index (χ0n) is 10.1. The topological polar surface area (TPSA) is 83.6 Å². The quantitative estimate of drug-likeness (QED) is 0.835. The third-order valence-corrected chi connectivity index (χ3v) is 2.42. The second-order valence-corrected chi connectivity index (χ2v) is 3.92. The third kappa shape index (κ3) is 3.30. The maximum atomic E-state index is 11.9. The molecule has 1 rings (SSSR count). The van der Waals surface area contributed by atoms with Gasteiger partial charge in [0.15, 0.2) is 0 Å². The van der Waals surface area contributed by atoms with Gasteiger partial charge in [0.25, 0.3) is 5.91 Å². The highest BCUT2D eigenvalue weighted by Gasteiger charge is 2.22. The summed E-state index contributed by atoms with van der Waals surface area (Å²) in [5.74, 6) is -1.73. The molecule has 94 valence electrons. The molecule has 0 spiro atoms. The molecule has 0 aliphatic heterocycles. The van der Waals surface area contributed by atoms with Gasteiger partial charge in [-0.2, -0.15) is 0 Å². The number of amides is 1. The van der Waals surface area contributed by atoms with Gasteiger partial charge in [-0.05, 0) is 13.8 Å². The molecule has 0 saturated heterocycles. The van der Waals surface area contributed by atoms with Crippen molar-refractivity contribution in [2.45, 2.75) is 20.8 Å². The fourth-order valence-corrected chi connectivity index (χ4v) is 1.38. The predicted octanol–water partition coefficient (Wildman–Crippen LogP) is 1.17.